The van der Waals surface area contributed by atoms with Crippen LogP contribution in [0, 0.1) is 0 Å². The topological polar surface area (TPSA) is 26.0 Å². The van der Waals surface area contributed by atoms with Crippen LogP contribution in [0.2, 0.25) is 0 Å². The van der Waals surface area contributed by atoms with Crippen molar-refractivity contribution in [2.24, 2.45) is 5.73 Å². The third kappa shape index (κ3) is 4.09. The van der Waals surface area contributed by atoms with E-state index in [0.717, 1.165) is 19.4 Å². The second-order valence-electron chi connectivity index (χ2n) is 3.61. The average molecular weight is 289 g/mol. The molecular formula is C11H16IN. The van der Waals surface area contributed by atoms with Gasteiger partial charge in [0, 0.05) is 3.42 Å². The summed E-state index contributed by atoms with van der Waals surface area (Å²) in [7, 11) is 0. The zero-order chi connectivity index (χ0) is 9.73. The van der Waals surface area contributed by atoms with Crippen LogP contribution < -0.4 is 5.73 Å². The number of rotatable bonds is 4. The molecule has 0 spiro atoms. The lowest BCUT2D eigenvalue weighted by molar-refractivity contribution is 0.620. The van der Waals surface area contributed by atoms with Crippen LogP contribution in [0.5, 0.6) is 0 Å². The van der Waals surface area contributed by atoms with Gasteiger partial charge < -0.3 is 5.73 Å². The summed E-state index contributed by atoms with van der Waals surface area (Å²) in [5.41, 5.74) is 6.96. The first-order chi connectivity index (χ1) is 6.14. The van der Waals surface area contributed by atoms with Gasteiger partial charge in [0.15, 0.2) is 0 Å². The molecule has 0 heterocycles. The van der Waals surface area contributed by atoms with E-state index in [1.807, 2.05) is 0 Å². The van der Waals surface area contributed by atoms with Gasteiger partial charge in [0.25, 0.3) is 0 Å². The van der Waals surface area contributed by atoms with Crippen molar-refractivity contribution < 1.29 is 0 Å². The summed E-state index contributed by atoms with van der Waals surface area (Å²) >= 11 is 2.50. The molecule has 0 aliphatic rings. The maximum absolute atomic E-state index is 5.56. The van der Waals surface area contributed by atoms with Gasteiger partial charge in [0.2, 0.25) is 0 Å². The number of hydrogen-bond donors (Lipinski definition) is 1. The Hall–Kier alpha value is -0.0900. The third-order valence-corrected chi connectivity index (χ3v) is 3.00. The number of benzene rings is 1. The van der Waals surface area contributed by atoms with Crippen molar-refractivity contribution in [3.05, 3.63) is 35.9 Å². The molecular weight excluding hydrogens is 273 g/mol. The molecule has 0 aromatic heterocycles. The highest BCUT2D eigenvalue weighted by molar-refractivity contribution is 14.1. The smallest absolute Gasteiger partial charge is 0.0246 e. The molecule has 1 rings (SSSR count). The summed E-state index contributed by atoms with van der Waals surface area (Å²) in [5, 5.41) is 0. The Bertz CT molecular complexity index is 244. The van der Waals surface area contributed by atoms with Crippen molar-refractivity contribution in [2.75, 3.05) is 6.54 Å². The van der Waals surface area contributed by atoms with Crippen LogP contribution in [0.1, 0.15) is 18.9 Å². The Labute approximate surface area is 93.9 Å². The summed E-state index contributed by atoms with van der Waals surface area (Å²) in [5.74, 6) is 0. The number of nitrogens with two attached hydrogens (primary N) is 1. The van der Waals surface area contributed by atoms with Gasteiger partial charge in [-0.1, -0.05) is 59.8 Å². The molecule has 0 saturated carbocycles. The van der Waals surface area contributed by atoms with Gasteiger partial charge in [-0.05, 0) is 24.9 Å². The highest BCUT2D eigenvalue weighted by atomic mass is 127. The molecule has 0 radical (unpaired) electrons. The lowest BCUT2D eigenvalue weighted by Crippen LogP contribution is -2.23. The van der Waals surface area contributed by atoms with E-state index in [1.165, 1.54) is 5.56 Å². The molecule has 1 atom stereocenters. The fourth-order valence-electron chi connectivity index (χ4n) is 1.41. The van der Waals surface area contributed by atoms with Crippen LogP contribution in [0.15, 0.2) is 30.3 Å². The maximum atomic E-state index is 5.56. The van der Waals surface area contributed by atoms with Crippen molar-refractivity contribution in [3.8, 4) is 0 Å². The second kappa shape index (κ2) is 4.96. The lowest BCUT2D eigenvalue weighted by Gasteiger charge is -2.21. The van der Waals surface area contributed by atoms with E-state index in [2.05, 4.69) is 59.8 Å². The molecule has 1 aromatic carbocycles. The lowest BCUT2D eigenvalue weighted by atomic mass is 9.98. The Kier molecular flexibility index (Phi) is 4.19. The number of alkyl halides is 1. The minimum absolute atomic E-state index is 0.299. The Balaban J connectivity index is 2.58. The van der Waals surface area contributed by atoms with Gasteiger partial charge in [-0.15, -0.1) is 0 Å². The SMILES string of the molecule is CC(I)(CCN)Cc1ccccc1. The van der Waals surface area contributed by atoms with Crippen LogP contribution in [-0.4, -0.2) is 9.97 Å². The predicted octanol–water partition coefficient (Wildman–Crippen LogP) is 2.77. The van der Waals surface area contributed by atoms with Gasteiger partial charge in [-0.2, -0.15) is 0 Å². The normalized spacial score (nSPS) is 15.3. The molecule has 0 saturated heterocycles. The van der Waals surface area contributed by atoms with E-state index >= 15 is 0 Å². The Morgan fingerprint density at radius 3 is 2.46 bits per heavy atom. The quantitative estimate of drug-likeness (QED) is 0.669. The van der Waals surface area contributed by atoms with Crippen LogP contribution >= 0.6 is 22.6 Å². The zero-order valence-corrected chi connectivity index (χ0v) is 10.1. The minimum atomic E-state index is 0.299. The van der Waals surface area contributed by atoms with E-state index in [9.17, 15) is 0 Å². The van der Waals surface area contributed by atoms with Crippen LogP contribution in [0.3, 0.4) is 0 Å². The fraction of sp³-hybridized carbons (Fsp3) is 0.455. The van der Waals surface area contributed by atoms with Gasteiger partial charge >= 0.3 is 0 Å². The maximum Gasteiger partial charge on any atom is 0.0246 e. The molecule has 1 nitrogen and oxygen atoms in total. The standard InChI is InChI=1S/C11H16IN/c1-11(12,7-8-13)9-10-5-3-2-4-6-10/h2-6H,7-9,13H2,1H3. The van der Waals surface area contributed by atoms with E-state index in [1.54, 1.807) is 0 Å². The fourth-order valence-corrected chi connectivity index (χ4v) is 2.16. The molecule has 0 aliphatic heterocycles. The van der Waals surface area contributed by atoms with Gasteiger partial charge in [-0.25, -0.2) is 0 Å². The largest absolute Gasteiger partial charge is 0.330 e. The van der Waals surface area contributed by atoms with E-state index in [4.69, 9.17) is 5.73 Å². The monoisotopic (exact) mass is 289 g/mol. The van der Waals surface area contributed by atoms with Crippen molar-refractivity contribution in [2.45, 2.75) is 23.2 Å². The first kappa shape index (κ1) is 11.0. The molecule has 13 heavy (non-hydrogen) atoms. The van der Waals surface area contributed by atoms with Crippen molar-refractivity contribution >= 4 is 22.6 Å². The third-order valence-electron chi connectivity index (χ3n) is 2.08. The summed E-state index contributed by atoms with van der Waals surface area (Å²) < 4.78 is 0.299. The van der Waals surface area contributed by atoms with Crippen molar-refractivity contribution in [1.82, 2.24) is 0 Å². The second-order valence-corrected chi connectivity index (χ2v) is 6.22. The molecule has 0 fully saturated rings. The average Bonchev–Trinajstić information content (AvgIpc) is 2.04. The number of hydrogen-bond acceptors (Lipinski definition) is 1. The van der Waals surface area contributed by atoms with E-state index in [-0.39, 0.29) is 0 Å². The van der Waals surface area contributed by atoms with E-state index < -0.39 is 0 Å². The highest BCUT2D eigenvalue weighted by Gasteiger charge is 2.18. The molecule has 1 unspecified atom stereocenters. The molecule has 2 heteroatoms. The minimum Gasteiger partial charge on any atom is -0.330 e. The summed E-state index contributed by atoms with van der Waals surface area (Å²) in [6, 6.07) is 10.6. The van der Waals surface area contributed by atoms with Gasteiger partial charge in [-0.3, -0.25) is 0 Å². The van der Waals surface area contributed by atoms with Crippen molar-refractivity contribution in [1.29, 1.82) is 0 Å². The first-order valence-electron chi connectivity index (χ1n) is 4.57. The summed E-state index contributed by atoms with van der Waals surface area (Å²) in [6.07, 6.45) is 2.17. The zero-order valence-electron chi connectivity index (χ0n) is 7.96. The first-order valence-corrected chi connectivity index (χ1v) is 5.65. The molecule has 2 N–H and O–H groups in total. The molecule has 0 amide bonds. The summed E-state index contributed by atoms with van der Waals surface area (Å²) in [6.45, 7) is 3.03. The number of halogens is 1. The molecule has 1 aromatic rings. The Morgan fingerprint density at radius 2 is 1.92 bits per heavy atom. The van der Waals surface area contributed by atoms with Crippen LogP contribution in [0.4, 0.5) is 0 Å². The molecule has 0 aliphatic carbocycles. The van der Waals surface area contributed by atoms with E-state index in [0.29, 0.717) is 3.42 Å². The predicted molar refractivity (Wildman–Crippen MR) is 66.2 cm³/mol. The Morgan fingerprint density at radius 1 is 1.31 bits per heavy atom. The summed E-state index contributed by atoms with van der Waals surface area (Å²) in [4.78, 5) is 0. The van der Waals surface area contributed by atoms with Crippen molar-refractivity contribution in [3.63, 3.8) is 0 Å². The van der Waals surface area contributed by atoms with Gasteiger partial charge in [0.1, 0.15) is 0 Å². The van der Waals surface area contributed by atoms with Crippen LogP contribution in [-0.2, 0) is 6.42 Å². The molecule has 0 bridgehead atoms. The van der Waals surface area contributed by atoms with Gasteiger partial charge in [0.05, 0.1) is 0 Å². The highest BCUT2D eigenvalue weighted by Crippen LogP contribution is 2.26. The molecule has 72 valence electrons. The van der Waals surface area contributed by atoms with Crippen LogP contribution in [0.25, 0.3) is 0 Å².